The number of hydrogen-bond donors (Lipinski definition) is 2. The van der Waals surface area contributed by atoms with Gasteiger partial charge in [0.1, 0.15) is 0 Å². The van der Waals surface area contributed by atoms with Crippen LogP contribution in [0.25, 0.3) is 0 Å². The van der Waals surface area contributed by atoms with Crippen molar-refractivity contribution in [2.24, 2.45) is 0 Å². The molecule has 2 aromatic rings. The summed E-state index contributed by atoms with van der Waals surface area (Å²) >= 11 is 0. The van der Waals surface area contributed by atoms with Crippen molar-refractivity contribution in [3.63, 3.8) is 0 Å². The monoisotopic (exact) mass is 338 g/mol. The molecule has 0 unspecified atom stereocenters. The molecule has 4 nitrogen and oxygen atoms in total. The van der Waals surface area contributed by atoms with Crippen LogP contribution in [0.3, 0.4) is 0 Å². The van der Waals surface area contributed by atoms with E-state index in [-0.39, 0.29) is 11.8 Å². The van der Waals surface area contributed by atoms with Gasteiger partial charge in [0, 0.05) is 17.8 Å². The molecule has 2 amide bonds. The number of amides is 2. The molecule has 4 heteroatoms. The summed E-state index contributed by atoms with van der Waals surface area (Å²) in [6.07, 6.45) is 3.91. The van der Waals surface area contributed by atoms with Gasteiger partial charge in [-0.25, -0.2) is 0 Å². The Morgan fingerprint density at radius 2 is 1.56 bits per heavy atom. The van der Waals surface area contributed by atoms with Gasteiger partial charge in [0.05, 0.1) is 6.42 Å². The summed E-state index contributed by atoms with van der Waals surface area (Å²) in [7, 11) is 0. The van der Waals surface area contributed by atoms with E-state index >= 15 is 0 Å². The number of carbonyl (C=O) groups is 2. The summed E-state index contributed by atoms with van der Waals surface area (Å²) in [4.78, 5) is 24.1. The molecule has 2 rings (SSSR count). The Morgan fingerprint density at radius 3 is 2.24 bits per heavy atom. The minimum absolute atomic E-state index is 0.0110. The number of rotatable bonds is 8. The van der Waals surface area contributed by atoms with Gasteiger partial charge in [-0.3, -0.25) is 9.59 Å². The van der Waals surface area contributed by atoms with Crippen LogP contribution in [-0.2, 0) is 16.0 Å². The molecule has 132 valence electrons. The molecular formula is C21H26N2O2. The number of aryl methyl sites for hydroxylation is 1. The summed E-state index contributed by atoms with van der Waals surface area (Å²) in [5, 5.41) is 5.78. The van der Waals surface area contributed by atoms with E-state index < -0.39 is 0 Å². The van der Waals surface area contributed by atoms with E-state index in [9.17, 15) is 9.59 Å². The van der Waals surface area contributed by atoms with E-state index in [0.29, 0.717) is 24.2 Å². The average Bonchev–Trinajstić information content (AvgIpc) is 2.57. The van der Waals surface area contributed by atoms with Crippen LogP contribution in [0.4, 0.5) is 11.4 Å². The molecule has 0 atom stereocenters. The van der Waals surface area contributed by atoms with Crippen LogP contribution in [0.5, 0.6) is 0 Å². The minimum atomic E-state index is -0.0688. The normalized spacial score (nSPS) is 10.3. The molecule has 0 heterocycles. The number of unbranched alkanes of at least 4 members (excludes halogenated alkanes) is 2. The molecular weight excluding hydrogens is 312 g/mol. The zero-order chi connectivity index (χ0) is 18.1. The van der Waals surface area contributed by atoms with Gasteiger partial charge in [-0.2, -0.15) is 0 Å². The number of hydrogen-bond acceptors (Lipinski definition) is 2. The largest absolute Gasteiger partial charge is 0.326 e. The van der Waals surface area contributed by atoms with Gasteiger partial charge in [-0.15, -0.1) is 0 Å². The summed E-state index contributed by atoms with van der Waals surface area (Å²) in [6, 6.07) is 15.1. The first-order valence-corrected chi connectivity index (χ1v) is 8.82. The molecule has 2 aromatic carbocycles. The Kier molecular flexibility index (Phi) is 7.20. The number of anilines is 2. The van der Waals surface area contributed by atoms with Crippen molar-refractivity contribution in [1.29, 1.82) is 0 Å². The summed E-state index contributed by atoms with van der Waals surface area (Å²) in [6.45, 7) is 4.11. The fourth-order valence-corrected chi connectivity index (χ4v) is 2.62. The first-order chi connectivity index (χ1) is 12.1. The van der Waals surface area contributed by atoms with Crippen molar-refractivity contribution in [3.8, 4) is 0 Å². The second-order valence-electron chi connectivity index (χ2n) is 6.24. The average molecular weight is 338 g/mol. The molecule has 25 heavy (non-hydrogen) atoms. The van der Waals surface area contributed by atoms with Gasteiger partial charge < -0.3 is 10.6 Å². The number of benzene rings is 2. The van der Waals surface area contributed by atoms with Crippen LogP contribution in [0.1, 0.15) is 43.7 Å². The topological polar surface area (TPSA) is 58.2 Å². The third-order valence-electron chi connectivity index (χ3n) is 4.05. The Hall–Kier alpha value is -2.62. The molecule has 2 N–H and O–H groups in total. The van der Waals surface area contributed by atoms with Crippen molar-refractivity contribution >= 4 is 23.2 Å². The van der Waals surface area contributed by atoms with Crippen LogP contribution in [-0.4, -0.2) is 11.8 Å². The van der Waals surface area contributed by atoms with Crippen LogP contribution < -0.4 is 10.6 Å². The lowest BCUT2D eigenvalue weighted by molar-refractivity contribution is -0.116. The summed E-state index contributed by atoms with van der Waals surface area (Å²) < 4.78 is 0. The number of nitrogens with one attached hydrogen (secondary N) is 2. The van der Waals surface area contributed by atoms with E-state index in [4.69, 9.17) is 0 Å². The highest BCUT2D eigenvalue weighted by Gasteiger charge is 2.07. The zero-order valence-electron chi connectivity index (χ0n) is 15.0. The lowest BCUT2D eigenvalue weighted by Gasteiger charge is -2.10. The molecule has 0 aromatic heterocycles. The first kappa shape index (κ1) is 18.7. The lowest BCUT2D eigenvalue weighted by atomic mass is 10.1. The van der Waals surface area contributed by atoms with Crippen LogP contribution in [0, 0.1) is 6.92 Å². The van der Waals surface area contributed by atoms with Gasteiger partial charge >= 0.3 is 0 Å². The predicted molar refractivity (Wildman–Crippen MR) is 103 cm³/mol. The van der Waals surface area contributed by atoms with Crippen molar-refractivity contribution in [1.82, 2.24) is 0 Å². The molecule has 0 saturated heterocycles. The van der Waals surface area contributed by atoms with E-state index in [0.717, 1.165) is 30.4 Å². The number of carbonyl (C=O) groups excluding carboxylic acids is 2. The second kappa shape index (κ2) is 9.62. The smallest absolute Gasteiger partial charge is 0.228 e. The van der Waals surface area contributed by atoms with E-state index in [2.05, 4.69) is 17.6 Å². The molecule has 0 aliphatic carbocycles. The van der Waals surface area contributed by atoms with Crippen LogP contribution >= 0.6 is 0 Å². The first-order valence-electron chi connectivity index (χ1n) is 8.82. The highest BCUT2D eigenvalue weighted by atomic mass is 16.2. The van der Waals surface area contributed by atoms with Gasteiger partial charge in [0.15, 0.2) is 0 Å². The van der Waals surface area contributed by atoms with Gasteiger partial charge in [0.2, 0.25) is 11.8 Å². The summed E-state index contributed by atoms with van der Waals surface area (Å²) in [5.74, 6) is -0.0578. The Morgan fingerprint density at radius 1 is 0.880 bits per heavy atom. The quantitative estimate of drug-likeness (QED) is 0.686. The Balaban J connectivity index is 1.91. The highest BCUT2D eigenvalue weighted by Crippen LogP contribution is 2.17. The molecule has 0 radical (unpaired) electrons. The fraction of sp³-hybridized carbons (Fsp3) is 0.333. The van der Waals surface area contributed by atoms with E-state index in [1.165, 1.54) is 0 Å². The minimum Gasteiger partial charge on any atom is -0.326 e. The van der Waals surface area contributed by atoms with Crippen molar-refractivity contribution in [2.45, 2.75) is 46.0 Å². The highest BCUT2D eigenvalue weighted by molar-refractivity contribution is 5.94. The van der Waals surface area contributed by atoms with Crippen molar-refractivity contribution in [2.75, 3.05) is 10.6 Å². The third kappa shape index (κ3) is 6.42. The second-order valence-corrected chi connectivity index (χ2v) is 6.24. The van der Waals surface area contributed by atoms with Crippen molar-refractivity contribution in [3.05, 3.63) is 59.7 Å². The van der Waals surface area contributed by atoms with E-state index in [1.54, 1.807) is 6.07 Å². The standard InChI is InChI=1S/C21H26N2O2/c1-3-4-5-13-20(24)22-18-11-8-12-19(15-18)23-21(25)14-17-10-7-6-9-16(17)2/h6-12,15H,3-5,13-14H2,1-2H3,(H,22,24)(H,23,25). The van der Waals surface area contributed by atoms with Crippen molar-refractivity contribution < 1.29 is 9.59 Å². The van der Waals surface area contributed by atoms with Crippen LogP contribution in [0.2, 0.25) is 0 Å². The van der Waals surface area contributed by atoms with E-state index in [1.807, 2.05) is 49.4 Å². The summed E-state index contributed by atoms with van der Waals surface area (Å²) in [5.41, 5.74) is 3.51. The molecule has 0 bridgehead atoms. The molecule has 0 saturated carbocycles. The maximum atomic E-state index is 12.2. The fourth-order valence-electron chi connectivity index (χ4n) is 2.62. The van der Waals surface area contributed by atoms with Crippen LogP contribution in [0.15, 0.2) is 48.5 Å². The molecule has 0 spiro atoms. The lowest BCUT2D eigenvalue weighted by Crippen LogP contribution is -2.15. The molecule has 0 fully saturated rings. The maximum absolute atomic E-state index is 12.2. The Bertz CT molecular complexity index is 725. The van der Waals surface area contributed by atoms with Gasteiger partial charge in [0.25, 0.3) is 0 Å². The molecule has 0 aliphatic heterocycles. The SMILES string of the molecule is CCCCCC(=O)Nc1cccc(NC(=O)Cc2ccccc2C)c1. The van der Waals surface area contributed by atoms with Gasteiger partial charge in [-0.1, -0.05) is 50.1 Å². The zero-order valence-corrected chi connectivity index (χ0v) is 15.0. The third-order valence-corrected chi connectivity index (χ3v) is 4.05. The Labute approximate surface area is 149 Å². The maximum Gasteiger partial charge on any atom is 0.228 e. The predicted octanol–water partition coefficient (Wildman–Crippen LogP) is 4.70. The van der Waals surface area contributed by atoms with Gasteiger partial charge in [-0.05, 0) is 42.7 Å². The molecule has 0 aliphatic rings.